The first-order valence-corrected chi connectivity index (χ1v) is 13.4. The number of anilines is 1. The summed E-state index contributed by atoms with van der Waals surface area (Å²) in [6.07, 6.45) is 12.8. The summed E-state index contributed by atoms with van der Waals surface area (Å²) in [6, 6.07) is 9.70. The first-order chi connectivity index (χ1) is 16.1. The smallest absolute Gasteiger partial charge is 0.186 e. The number of H-pyrrole nitrogens is 1. The first kappa shape index (κ1) is 22.6. The van der Waals surface area contributed by atoms with Gasteiger partial charge in [0.1, 0.15) is 0 Å². The molecule has 33 heavy (non-hydrogen) atoms. The number of nitrogens with zero attached hydrogens (tertiary/aromatic N) is 3. The topological polar surface area (TPSA) is 52.2 Å². The van der Waals surface area contributed by atoms with Crippen LogP contribution in [0.25, 0.3) is 10.9 Å². The van der Waals surface area contributed by atoms with E-state index < -0.39 is 0 Å². The van der Waals surface area contributed by atoms with Gasteiger partial charge in [-0.2, -0.15) is 0 Å². The molecule has 3 atom stereocenters. The number of aromatic amines is 1. The number of fused-ring (bicyclic) bond motifs is 3. The van der Waals surface area contributed by atoms with Crippen LogP contribution in [0, 0.1) is 5.92 Å². The van der Waals surface area contributed by atoms with Gasteiger partial charge in [-0.3, -0.25) is 9.69 Å². The van der Waals surface area contributed by atoms with E-state index in [1.165, 1.54) is 35.7 Å². The lowest BCUT2D eigenvalue weighted by Gasteiger charge is -2.48. The number of hydrogen-bond acceptors (Lipinski definition) is 5. The predicted octanol–water partition coefficient (Wildman–Crippen LogP) is 5.92. The minimum atomic E-state index is 0.258. The van der Waals surface area contributed by atoms with Gasteiger partial charge < -0.3 is 9.88 Å². The summed E-state index contributed by atoms with van der Waals surface area (Å²) in [5.41, 5.74) is 2.51. The maximum Gasteiger partial charge on any atom is 0.186 e. The molecule has 2 aliphatic heterocycles. The van der Waals surface area contributed by atoms with Crippen molar-refractivity contribution in [3.8, 4) is 0 Å². The number of piperidine rings is 1. The van der Waals surface area contributed by atoms with Gasteiger partial charge >= 0.3 is 0 Å². The van der Waals surface area contributed by atoms with Crippen molar-refractivity contribution in [3.63, 3.8) is 0 Å². The molecule has 176 valence electrons. The number of benzene rings is 1. The van der Waals surface area contributed by atoms with Crippen LogP contribution in [-0.2, 0) is 6.42 Å². The second-order valence-electron chi connectivity index (χ2n) is 10.0. The molecular formula is C27H36N4OS. The van der Waals surface area contributed by atoms with Crippen molar-refractivity contribution in [2.24, 2.45) is 5.92 Å². The van der Waals surface area contributed by atoms with Crippen molar-refractivity contribution in [1.82, 2.24) is 14.9 Å². The number of aromatic nitrogens is 2. The van der Waals surface area contributed by atoms with Gasteiger partial charge in [0.25, 0.3) is 0 Å². The molecule has 4 heterocycles. The lowest BCUT2D eigenvalue weighted by molar-refractivity contribution is 0.0950. The Morgan fingerprint density at radius 3 is 2.82 bits per heavy atom. The van der Waals surface area contributed by atoms with Crippen molar-refractivity contribution >= 4 is 33.2 Å². The van der Waals surface area contributed by atoms with Crippen LogP contribution >= 0.6 is 11.3 Å². The quantitative estimate of drug-likeness (QED) is 0.400. The zero-order valence-corrected chi connectivity index (χ0v) is 20.7. The Morgan fingerprint density at radius 2 is 2.03 bits per heavy atom. The summed E-state index contributed by atoms with van der Waals surface area (Å²) >= 11 is 1.60. The summed E-state index contributed by atoms with van der Waals surface area (Å²) in [5, 5.41) is 2.32. The van der Waals surface area contributed by atoms with E-state index in [2.05, 4.69) is 59.2 Å². The van der Waals surface area contributed by atoms with Crippen LogP contribution in [-0.4, -0.2) is 52.9 Å². The summed E-state index contributed by atoms with van der Waals surface area (Å²) in [6.45, 7) is 4.30. The number of likely N-dealkylation sites (N-methyl/N-ethyl adjacent to an activating group) is 1. The molecule has 0 aliphatic carbocycles. The van der Waals surface area contributed by atoms with Crippen molar-refractivity contribution in [2.75, 3.05) is 25.0 Å². The molecule has 6 heteroatoms. The second-order valence-corrected chi connectivity index (χ2v) is 11.0. The van der Waals surface area contributed by atoms with Crippen molar-refractivity contribution in [1.29, 1.82) is 0 Å². The molecule has 5 rings (SSSR count). The Hall–Kier alpha value is -2.18. The van der Waals surface area contributed by atoms with E-state index in [0.717, 1.165) is 48.8 Å². The van der Waals surface area contributed by atoms with Crippen LogP contribution in [0.2, 0.25) is 0 Å². The molecule has 2 aliphatic rings. The second kappa shape index (κ2) is 9.98. The fourth-order valence-electron chi connectivity index (χ4n) is 5.76. The third-order valence-corrected chi connectivity index (χ3v) is 8.85. The predicted molar refractivity (Wildman–Crippen MR) is 137 cm³/mol. The molecule has 2 saturated heterocycles. The van der Waals surface area contributed by atoms with Crippen molar-refractivity contribution < 1.29 is 4.79 Å². The molecule has 0 radical (unpaired) electrons. The van der Waals surface area contributed by atoms with E-state index in [9.17, 15) is 4.79 Å². The van der Waals surface area contributed by atoms with Crippen LogP contribution in [0.5, 0.6) is 0 Å². The van der Waals surface area contributed by atoms with Crippen LogP contribution in [0.15, 0.2) is 36.7 Å². The van der Waals surface area contributed by atoms with E-state index >= 15 is 0 Å². The Balaban J connectivity index is 1.26. The van der Waals surface area contributed by atoms with E-state index in [4.69, 9.17) is 4.98 Å². The number of ketones is 1. The lowest BCUT2D eigenvalue weighted by Crippen LogP contribution is -2.59. The minimum Gasteiger partial charge on any atom is -0.361 e. The third kappa shape index (κ3) is 4.87. The number of piperazine rings is 1. The first-order valence-electron chi connectivity index (χ1n) is 12.6. The zero-order valence-electron chi connectivity index (χ0n) is 19.9. The number of nitrogens with one attached hydrogen (secondary N) is 1. The fraction of sp³-hybridized carbons (Fsp3) is 0.556. The molecule has 2 fully saturated rings. The highest BCUT2D eigenvalue weighted by Gasteiger charge is 2.36. The number of para-hydroxylation sites is 1. The summed E-state index contributed by atoms with van der Waals surface area (Å²) < 4.78 is 0. The van der Waals surface area contributed by atoms with Gasteiger partial charge in [0, 0.05) is 48.7 Å². The molecule has 0 amide bonds. The molecule has 3 unspecified atom stereocenters. The molecule has 3 aromatic rings. The normalized spacial score (nSPS) is 22.1. The van der Waals surface area contributed by atoms with Crippen LogP contribution < -0.4 is 4.90 Å². The average molecular weight is 465 g/mol. The zero-order chi connectivity index (χ0) is 22.8. The van der Waals surface area contributed by atoms with E-state index in [1.807, 2.05) is 6.20 Å². The SMILES string of the molecule is CCCCC(CC(=O)c1cnc(N2CC3CCCC(C2)N3C)s1)Cc1c[nH]c2ccccc12. The highest BCUT2D eigenvalue weighted by Crippen LogP contribution is 2.33. The number of Topliss-reactive ketones (excluding diaryl/α,β-unsaturated/α-hetero) is 1. The van der Waals surface area contributed by atoms with Gasteiger partial charge in [-0.15, -0.1) is 0 Å². The Kier molecular flexibility index (Phi) is 6.84. The Labute approximate surface area is 201 Å². The summed E-state index contributed by atoms with van der Waals surface area (Å²) in [7, 11) is 2.27. The summed E-state index contributed by atoms with van der Waals surface area (Å²) in [5.74, 6) is 0.624. The molecule has 1 aromatic carbocycles. The van der Waals surface area contributed by atoms with Crippen LogP contribution in [0.4, 0.5) is 5.13 Å². The van der Waals surface area contributed by atoms with Crippen molar-refractivity contribution in [2.45, 2.75) is 70.4 Å². The molecule has 2 aromatic heterocycles. The lowest BCUT2D eigenvalue weighted by atomic mass is 9.89. The number of rotatable bonds is 9. The highest BCUT2D eigenvalue weighted by molar-refractivity contribution is 7.17. The van der Waals surface area contributed by atoms with Crippen LogP contribution in [0.3, 0.4) is 0 Å². The van der Waals surface area contributed by atoms with Gasteiger partial charge in [0.05, 0.1) is 11.1 Å². The Bertz CT molecular complexity index is 1070. The minimum absolute atomic E-state index is 0.258. The molecule has 0 spiro atoms. The maximum atomic E-state index is 13.3. The van der Waals surface area contributed by atoms with Gasteiger partial charge in [0.2, 0.25) is 0 Å². The number of unbranched alkanes of at least 4 members (excludes halogenated alkanes) is 1. The number of carbonyl (C=O) groups excluding carboxylic acids is 1. The molecule has 2 bridgehead atoms. The monoisotopic (exact) mass is 464 g/mol. The summed E-state index contributed by atoms with van der Waals surface area (Å²) in [4.78, 5) is 27.2. The standard InChI is InChI=1S/C27H36N4OS/c1-3-4-8-19(13-20-15-28-24-12-6-5-11-23(20)24)14-25(32)26-16-29-27(33-26)31-17-21-9-7-10-22(18-31)30(21)2/h5-6,11-12,15-16,19,21-22,28H,3-4,7-10,13-14,17-18H2,1-2H3. The largest absolute Gasteiger partial charge is 0.361 e. The van der Waals surface area contributed by atoms with Gasteiger partial charge in [0.15, 0.2) is 10.9 Å². The van der Waals surface area contributed by atoms with E-state index in [0.29, 0.717) is 24.4 Å². The molecule has 5 nitrogen and oxygen atoms in total. The Morgan fingerprint density at radius 1 is 1.24 bits per heavy atom. The van der Waals surface area contributed by atoms with E-state index in [1.54, 1.807) is 11.3 Å². The number of hydrogen-bond donors (Lipinski definition) is 1. The van der Waals surface area contributed by atoms with Gasteiger partial charge in [-0.1, -0.05) is 55.7 Å². The van der Waals surface area contributed by atoms with E-state index in [-0.39, 0.29) is 5.78 Å². The molecular weight excluding hydrogens is 428 g/mol. The van der Waals surface area contributed by atoms with Gasteiger partial charge in [-0.05, 0) is 50.3 Å². The van der Waals surface area contributed by atoms with Crippen molar-refractivity contribution in [3.05, 3.63) is 47.1 Å². The van der Waals surface area contributed by atoms with Gasteiger partial charge in [-0.25, -0.2) is 4.98 Å². The highest BCUT2D eigenvalue weighted by atomic mass is 32.1. The molecule has 0 saturated carbocycles. The van der Waals surface area contributed by atoms with Crippen LogP contribution in [0.1, 0.15) is 67.1 Å². The fourth-order valence-corrected chi connectivity index (χ4v) is 6.64. The molecule has 1 N–H and O–H groups in total. The third-order valence-electron chi connectivity index (χ3n) is 7.75. The number of carbonyl (C=O) groups is 1. The average Bonchev–Trinajstić information content (AvgIpc) is 3.45. The maximum absolute atomic E-state index is 13.3. The number of thiazole rings is 1.